The summed E-state index contributed by atoms with van der Waals surface area (Å²) in [5, 5.41) is 54.4. The monoisotopic (exact) mass is 1610 g/mol. The van der Waals surface area contributed by atoms with E-state index in [4.69, 9.17) is 46.3 Å². The predicted octanol–water partition coefficient (Wildman–Crippen LogP) is 16.9. The number of halogens is 5. The van der Waals surface area contributed by atoms with Crippen molar-refractivity contribution in [3.05, 3.63) is 312 Å². The second-order valence-electron chi connectivity index (χ2n) is 24.2. The average Bonchev–Trinajstić information content (AvgIpc) is 0.807. The number of carbonyl (C=O) groups is 5. The van der Waals surface area contributed by atoms with Gasteiger partial charge in [-0.2, -0.15) is 0 Å². The second kappa shape index (κ2) is 51.5. The van der Waals surface area contributed by atoms with E-state index in [1.54, 1.807) is 6.92 Å². The van der Waals surface area contributed by atoms with Crippen molar-refractivity contribution in [2.45, 2.75) is 83.8 Å². The Morgan fingerprint density at radius 3 is 0.845 bits per heavy atom. The molecule has 0 heterocycles. The number of hydrogen-bond acceptors (Lipinski definition) is 12. The van der Waals surface area contributed by atoms with Gasteiger partial charge in [-0.05, 0) is 196 Å². The van der Waals surface area contributed by atoms with Gasteiger partial charge in [-0.3, -0.25) is 19.2 Å². The van der Waals surface area contributed by atoms with Crippen molar-refractivity contribution in [1.82, 2.24) is 0 Å². The first kappa shape index (κ1) is 93.4. The standard InChI is InChI=1S/C25H22O2.2C18H16O2.C15H11Cl.C9H11NO2.C2H5NO2.C2H6O.Cl2OS.2ClH.Na/c26-25(27-18-19-9-2-1-3-10-19)16-8-15-24-22-13-6-4-11-20(22)17-21-12-5-7-14-23(21)24;2*19-18(20)11-5-10-17-15-8-3-1-6-13(15)12-14-7-2-4-9-16(14)17;16-10-15-13-7-3-1-5-11(13)9-12-6-2-4-8-14(12)15;10-6-9(11)12-7-8-4-2-1-3-5-8;3-1-2(4)5;1-2-3;1-4(2)3;;;/h1-7,9-14,17H,8,15-16,18H2;2*1-4,6-9,12H,5,10-11H2,(H,19,20);1-9H,10H2;1-5H,6-7,10H2;1,3H2,(H,4,5);3H,2H2,1H3;;2*1H;/q;;;;;;;;;;+1/p-1. The molecule has 21 heteroatoms. The zero-order valence-corrected chi connectivity index (χ0v) is 67.9. The van der Waals surface area contributed by atoms with Gasteiger partial charge in [-0.15, -0.1) is 36.4 Å². The molecule has 0 saturated heterocycles. The summed E-state index contributed by atoms with van der Waals surface area (Å²) in [5.41, 5.74) is 16.7. The smallest absolute Gasteiger partial charge is 0.550 e. The van der Waals surface area contributed by atoms with Crippen LogP contribution in [0.5, 0.6) is 0 Å². The number of carboxylic acids is 3. The van der Waals surface area contributed by atoms with E-state index in [1.807, 2.05) is 109 Å². The second-order valence-corrected chi connectivity index (χ2v) is 27.0. The van der Waals surface area contributed by atoms with Gasteiger partial charge in [-0.25, -0.2) is 4.21 Å². The first-order valence-electron chi connectivity index (χ1n) is 34.9. The Hall–Kier alpha value is -9.01. The Morgan fingerprint density at radius 1 is 0.382 bits per heavy atom. The number of fused-ring (bicyclic) bond motifs is 8. The number of rotatable bonds is 19. The Morgan fingerprint density at radius 2 is 0.609 bits per heavy atom. The Balaban J connectivity index is 0.000000282. The van der Waals surface area contributed by atoms with Gasteiger partial charge < -0.3 is 46.2 Å². The van der Waals surface area contributed by atoms with Crippen LogP contribution in [0.25, 0.3) is 86.2 Å². The number of aryl methyl sites for hydroxylation is 3. The molecular weight excluding hydrogens is 1520 g/mol. The molecule has 14 nitrogen and oxygen atoms in total. The number of ether oxygens (including phenoxy) is 2. The number of carboxylic acid groups (broad SMARTS) is 3. The molecule has 0 aliphatic carbocycles. The van der Waals surface area contributed by atoms with Crippen LogP contribution in [-0.2, 0) is 81.0 Å². The van der Waals surface area contributed by atoms with Crippen LogP contribution in [0.4, 0.5) is 0 Å². The number of aliphatic hydroxyl groups excluding tert-OH is 1. The molecule has 0 unspecified atom stereocenters. The van der Waals surface area contributed by atoms with Crippen LogP contribution in [0.1, 0.15) is 78.8 Å². The number of esters is 2. The van der Waals surface area contributed by atoms with Gasteiger partial charge in [0.2, 0.25) is 9.23 Å². The number of aliphatic carboxylic acids is 3. The molecule has 0 bridgehead atoms. The van der Waals surface area contributed by atoms with E-state index in [0.29, 0.717) is 38.4 Å². The molecule has 110 heavy (non-hydrogen) atoms. The van der Waals surface area contributed by atoms with E-state index in [9.17, 15) is 29.1 Å². The maximum absolute atomic E-state index is 12.1. The predicted molar refractivity (Wildman–Crippen MR) is 452 cm³/mol. The minimum absolute atomic E-state index is 0. The average molecular weight is 1610 g/mol. The number of benzene rings is 14. The fraction of sp³-hybridized carbons (Fsp3) is 0.180. The molecule has 14 rings (SSSR count). The molecule has 0 aliphatic rings. The van der Waals surface area contributed by atoms with Crippen molar-refractivity contribution in [2.75, 3.05) is 19.7 Å². The van der Waals surface area contributed by atoms with Crippen molar-refractivity contribution >= 4 is 183 Å². The molecule has 568 valence electrons. The van der Waals surface area contributed by atoms with Gasteiger partial charge in [-0.1, -0.05) is 255 Å². The molecule has 0 fully saturated rings. The van der Waals surface area contributed by atoms with E-state index < -0.39 is 27.1 Å². The van der Waals surface area contributed by atoms with E-state index in [0.717, 1.165) is 36.8 Å². The Labute approximate surface area is 692 Å². The number of hydrogen-bond donors (Lipinski definition) is 5. The summed E-state index contributed by atoms with van der Waals surface area (Å²) in [7, 11) is 7.36. The summed E-state index contributed by atoms with van der Waals surface area (Å²) < 4.78 is 19.3. The molecular formula is C89H88Cl5N2NaO12S. The van der Waals surface area contributed by atoms with Gasteiger partial charge in [0.1, 0.15) is 13.2 Å². The quantitative estimate of drug-likeness (QED) is 0.0166. The van der Waals surface area contributed by atoms with Crippen LogP contribution >= 0.6 is 57.8 Å². The van der Waals surface area contributed by atoms with Crippen LogP contribution in [0.2, 0.25) is 0 Å². The number of alkyl halides is 1. The third kappa shape index (κ3) is 30.3. The van der Waals surface area contributed by atoms with Crippen LogP contribution in [0.15, 0.2) is 279 Å². The number of aliphatic hydroxyl groups is 1. The first-order valence-corrected chi connectivity index (χ1v) is 38.2. The zero-order valence-electron chi connectivity index (χ0n) is 61.2. The minimum Gasteiger partial charge on any atom is -0.550 e. The van der Waals surface area contributed by atoms with E-state index in [1.165, 1.54) is 108 Å². The SMILES string of the molecule is CCO.Cl.Cl.ClCc1c2ccccc2cc2ccccc12.NCC(=O)O.NCC(=O)OCc1ccccc1.O=C(CCCc1c2ccccc2cc2ccccc12)OCc1ccccc1.O=C(O)CCCc1c2ccccc2cc2ccccc12.O=C([O-])CCCc1c2ccccc2cc2ccccc12.O=S(Cl)Cl.[Na+]. The maximum Gasteiger partial charge on any atom is 1.00 e. The summed E-state index contributed by atoms with van der Waals surface area (Å²) in [5.74, 6) is -2.63. The third-order valence-electron chi connectivity index (χ3n) is 16.9. The van der Waals surface area contributed by atoms with Crippen LogP contribution in [-0.4, -0.2) is 69.1 Å². The first-order chi connectivity index (χ1) is 52.0. The van der Waals surface area contributed by atoms with Gasteiger partial charge in [0, 0.05) is 52.7 Å². The summed E-state index contributed by atoms with van der Waals surface area (Å²) in [6.45, 7) is 2.24. The molecule has 0 spiro atoms. The fourth-order valence-electron chi connectivity index (χ4n) is 12.2. The number of nitrogens with two attached hydrogens (primary N) is 2. The van der Waals surface area contributed by atoms with Gasteiger partial charge in [0.25, 0.3) is 0 Å². The third-order valence-corrected chi connectivity index (χ3v) is 17.2. The Bertz CT molecular complexity index is 4890. The number of carbonyl (C=O) groups excluding carboxylic acids is 3. The molecule has 0 aromatic heterocycles. The molecule has 0 saturated carbocycles. The summed E-state index contributed by atoms with van der Waals surface area (Å²) in [6, 6.07) is 95.0. The molecule has 0 aliphatic heterocycles. The summed E-state index contributed by atoms with van der Waals surface area (Å²) >= 11 is 6.08. The van der Waals surface area contributed by atoms with Crippen LogP contribution < -0.4 is 46.1 Å². The van der Waals surface area contributed by atoms with Gasteiger partial charge >= 0.3 is 53.4 Å². The molecule has 14 aromatic carbocycles. The normalized spacial score (nSPS) is 10.1. The van der Waals surface area contributed by atoms with Crippen molar-refractivity contribution in [3.63, 3.8) is 0 Å². The van der Waals surface area contributed by atoms with E-state index in [2.05, 4.69) is 197 Å². The largest absolute Gasteiger partial charge is 1.00 e. The molecule has 0 radical (unpaired) electrons. The van der Waals surface area contributed by atoms with E-state index >= 15 is 0 Å². The van der Waals surface area contributed by atoms with Crippen molar-refractivity contribution < 1.29 is 87.6 Å². The zero-order chi connectivity index (χ0) is 76.7. The topological polar surface area (TPSA) is 257 Å². The summed E-state index contributed by atoms with van der Waals surface area (Å²) in [4.78, 5) is 53.3. The van der Waals surface area contributed by atoms with Gasteiger partial charge in [0.05, 0.1) is 13.1 Å². The van der Waals surface area contributed by atoms with Crippen molar-refractivity contribution in [3.8, 4) is 0 Å². The summed E-state index contributed by atoms with van der Waals surface area (Å²) in [6.07, 6.45) is 5.26. The van der Waals surface area contributed by atoms with Crippen LogP contribution in [0, 0.1) is 0 Å². The maximum atomic E-state index is 12.1. The minimum atomic E-state index is -1.67. The fourth-order valence-corrected chi connectivity index (χ4v) is 12.5. The van der Waals surface area contributed by atoms with Crippen molar-refractivity contribution in [2.24, 2.45) is 11.5 Å². The van der Waals surface area contributed by atoms with E-state index in [-0.39, 0.29) is 98.8 Å². The van der Waals surface area contributed by atoms with Gasteiger partial charge in [0.15, 0.2) is 0 Å². The molecule has 14 aromatic rings. The molecule has 0 amide bonds. The van der Waals surface area contributed by atoms with Crippen molar-refractivity contribution in [1.29, 1.82) is 0 Å². The Kier molecular flexibility index (Phi) is 43.7. The van der Waals surface area contributed by atoms with Crippen LogP contribution in [0.3, 0.4) is 0 Å². The molecule has 0 atom stereocenters. The molecule has 7 N–H and O–H groups in total.